The van der Waals surface area contributed by atoms with E-state index in [1.165, 1.54) is 12.1 Å². The van der Waals surface area contributed by atoms with Crippen molar-refractivity contribution in [2.75, 3.05) is 11.9 Å². The second-order valence-electron chi connectivity index (χ2n) is 6.28. The normalized spacial score (nSPS) is 11.3. The lowest BCUT2D eigenvalue weighted by atomic mass is 10.2. The Morgan fingerprint density at radius 2 is 1.82 bits per heavy atom. The summed E-state index contributed by atoms with van der Waals surface area (Å²) in [5.74, 6) is -0.594. The minimum atomic E-state index is -4.48. The third-order valence-corrected chi connectivity index (χ3v) is 3.90. The first kappa shape index (κ1) is 19.5. The van der Waals surface area contributed by atoms with Crippen molar-refractivity contribution in [3.63, 3.8) is 0 Å². The molecule has 5 nitrogen and oxygen atoms in total. The molecule has 0 aliphatic rings. The van der Waals surface area contributed by atoms with Gasteiger partial charge in [-0.25, -0.2) is 4.68 Å². The quantitative estimate of drug-likeness (QED) is 0.689. The van der Waals surface area contributed by atoms with Crippen molar-refractivity contribution in [2.24, 2.45) is 0 Å². The molecule has 1 amide bonds. The number of aryl methyl sites for hydroxylation is 2. The summed E-state index contributed by atoms with van der Waals surface area (Å²) in [7, 11) is 0. The van der Waals surface area contributed by atoms with Crippen LogP contribution in [0.4, 0.5) is 18.9 Å². The molecule has 28 heavy (non-hydrogen) atoms. The highest BCUT2D eigenvalue weighted by molar-refractivity contribution is 6.03. The molecule has 3 rings (SSSR count). The number of hydrogen-bond donors (Lipinski definition) is 1. The highest BCUT2D eigenvalue weighted by Crippen LogP contribution is 2.28. The fraction of sp³-hybridized carbons (Fsp3) is 0.200. The van der Waals surface area contributed by atoms with E-state index in [4.69, 9.17) is 4.74 Å². The number of hydrogen-bond acceptors (Lipinski definition) is 3. The summed E-state index contributed by atoms with van der Waals surface area (Å²) in [6.07, 6.45) is -4.48. The lowest BCUT2D eigenvalue weighted by Crippen LogP contribution is -2.20. The zero-order chi connectivity index (χ0) is 20.3. The molecule has 0 bridgehead atoms. The molecule has 8 heteroatoms. The summed E-state index contributed by atoms with van der Waals surface area (Å²) >= 11 is 0. The van der Waals surface area contributed by atoms with Crippen LogP contribution in [0.15, 0.2) is 54.6 Å². The third kappa shape index (κ3) is 4.70. The van der Waals surface area contributed by atoms with Crippen molar-refractivity contribution < 1.29 is 22.7 Å². The third-order valence-electron chi connectivity index (χ3n) is 3.90. The largest absolute Gasteiger partial charge is 0.482 e. The van der Waals surface area contributed by atoms with Crippen molar-refractivity contribution in [2.45, 2.75) is 20.0 Å². The Hall–Kier alpha value is -3.29. The second-order valence-corrected chi connectivity index (χ2v) is 6.28. The van der Waals surface area contributed by atoms with E-state index in [2.05, 4.69) is 10.4 Å². The molecular formula is C20H18F3N3O2. The van der Waals surface area contributed by atoms with Gasteiger partial charge in [0.2, 0.25) is 0 Å². The second kappa shape index (κ2) is 7.75. The predicted octanol–water partition coefficient (Wildman–Crippen LogP) is 4.68. The summed E-state index contributed by atoms with van der Waals surface area (Å²) < 4.78 is 43.9. The van der Waals surface area contributed by atoms with Gasteiger partial charge in [0.15, 0.2) is 12.3 Å². The van der Waals surface area contributed by atoms with Crippen molar-refractivity contribution in [3.05, 3.63) is 71.5 Å². The summed E-state index contributed by atoms with van der Waals surface area (Å²) in [5.41, 5.74) is 2.53. The number of aromatic nitrogens is 2. The monoisotopic (exact) mass is 389 g/mol. The molecule has 1 heterocycles. The summed E-state index contributed by atoms with van der Waals surface area (Å²) in [4.78, 5) is 12.6. The average Bonchev–Trinajstić information content (AvgIpc) is 3.04. The Morgan fingerprint density at radius 3 is 2.50 bits per heavy atom. The fourth-order valence-corrected chi connectivity index (χ4v) is 2.61. The number of anilines is 1. The van der Waals surface area contributed by atoms with Gasteiger partial charge in [-0.05, 0) is 49.7 Å². The Morgan fingerprint density at radius 1 is 1.11 bits per heavy atom. The average molecular weight is 389 g/mol. The number of carbonyl (C=O) groups is 1. The van der Waals surface area contributed by atoms with Crippen molar-refractivity contribution >= 4 is 11.6 Å². The number of benzene rings is 2. The number of ether oxygens (including phenoxy) is 1. The van der Waals surface area contributed by atoms with Gasteiger partial charge in [0.05, 0.1) is 11.4 Å². The number of rotatable bonds is 5. The van der Waals surface area contributed by atoms with E-state index in [1.807, 2.05) is 30.3 Å². The Kier molecular flexibility index (Phi) is 5.39. The molecule has 1 aromatic heterocycles. The van der Waals surface area contributed by atoms with Gasteiger partial charge in [-0.1, -0.05) is 24.3 Å². The van der Waals surface area contributed by atoms with E-state index in [-0.39, 0.29) is 17.1 Å². The van der Waals surface area contributed by atoms with Crippen molar-refractivity contribution in [3.8, 4) is 11.4 Å². The van der Waals surface area contributed by atoms with E-state index >= 15 is 0 Å². The lowest BCUT2D eigenvalue weighted by molar-refractivity contribution is -0.153. The van der Waals surface area contributed by atoms with Crippen molar-refractivity contribution in [1.29, 1.82) is 0 Å². The molecule has 0 unspecified atom stereocenters. The van der Waals surface area contributed by atoms with Crippen LogP contribution in [0, 0.1) is 13.8 Å². The van der Waals surface area contributed by atoms with Crippen LogP contribution in [0.2, 0.25) is 0 Å². The smallest absolute Gasteiger partial charge is 0.422 e. The molecular weight excluding hydrogens is 371 g/mol. The van der Waals surface area contributed by atoms with Gasteiger partial charge in [-0.15, -0.1) is 0 Å². The van der Waals surface area contributed by atoms with Gasteiger partial charge in [-0.2, -0.15) is 18.3 Å². The van der Waals surface area contributed by atoms with E-state index in [9.17, 15) is 18.0 Å². The van der Waals surface area contributed by atoms with Crippen LogP contribution in [-0.2, 0) is 0 Å². The van der Waals surface area contributed by atoms with Crippen LogP contribution in [0.5, 0.6) is 5.75 Å². The molecule has 1 N–H and O–H groups in total. The van der Waals surface area contributed by atoms with Gasteiger partial charge in [0.1, 0.15) is 5.75 Å². The number of para-hydroxylation sites is 1. The number of nitrogens with one attached hydrogen (secondary N) is 1. The first-order chi connectivity index (χ1) is 13.2. The van der Waals surface area contributed by atoms with Gasteiger partial charge < -0.3 is 10.1 Å². The maximum absolute atomic E-state index is 12.6. The maximum Gasteiger partial charge on any atom is 0.422 e. The van der Waals surface area contributed by atoms with Crippen molar-refractivity contribution in [1.82, 2.24) is 9.78 Å². The molecule has 0 atom stereocenters. The highest BCUT2D eigenvalue weighted by Gasteiger charge is 2.29. The molecule has 2 aromatic carbocycles. The van der Waals surface area contributed by atoms with E-state index in [0.717, 1.165) is 11.4 Å². The number of alkyl halides is 3. The Balaban J connectivity index is 1.82. The van der Waals surface area contributed by atoms with E-state index in [0.29, 0.717) is 5.56 Å². The standard InChI is InChI=1S/C20H18F3N3O2/c1-13-8-9-16(18(10-13)28-12-20(21,22)23)24-19(27)17-11-14(2)26(25-17)15-6-4-3-5-7-15/h3-11H,12H2,1-2H3,(H,24,27). The molecule has 146 valence electrons. The van der Waals surface area contributed by atoms with Gasteiger partial charge in [-0.3, -0.25) is 4.79 Å². The molecule has 0 fully saturated rings. The number of halogens is 3. The van der Waals surface area contributed by atoms with Crippen LogP contribution in [0.25, 0.3) is 5.69 Å². The highest BCUT2D eigenvalue weighted by atomic mass is 19.4. The first-order valence-corrected chi connectivity index (χ1v) is 8.46. The predicted molar refractivity (Wildman–Crippen MR) is 99.0 cm³/mol. The molecule has 0 aliphatic heterocycles. The maximum atomic E-state index is 12.6. The van der Waals surface area contributed by atoms with Crippen LogP contribution in [-0.4, -0.2) is 28.5 Å². The first-order valence-electron chi connectivity index (χ1n) is 8.46. The van der Waals surface area contributed by atoms with Crippen LogP contribution < -0.4 is 10.1 Å². The van der Waals surface area contributed by atoms with Gasteiger partial charge >= 0.3 is 6.18 Å². The molecule has 0 aliphatic carbocycles. The number of amides is 1. The summed E-state index contributed by atoms with van der Waals surface area (Å²) in [5, 5.41) is 6.87. The SMILES string of the molecule is Cc1ccc(NC(=O)c2cc(C)n(-c3ccccc3)n2)c(OCC(F)(F)F)c1. The summed E-state index contributed by atoms with van der Waals surface area (Å²) in [6, 6.07) is 15.5. The molecule has 0 spiro atoms. The van der Waals surface area contributed by atoms with E-state index < -0.39 is 18.7 Å². The van der Waals surface area contributed by atoms with Gasteiger partial charge in [0, 0.05) is 5.69 Å². The topological polar surface area (TPSA) is 56.2 Å². The van der Waals surface area contributed by atoms with Crippen LogP contribution >= 0.6 is 0 Å². The minimum absolute atomic E-state index is 0.0510. The fourth-order valence-electron chi connectivity index (χ4n) is 2.61. The Bertz CT molecular complexity index is 982. The van der Waals surface area contributed by atoms with Crippen LogP contribution in [0.3, 0.4) is 0 Å². The lowest BCUT2D eigenvalue weighted by Gasteiger charge is -2.14. The van der Waals surface area contributed by atoms with E-state index in [1.54, 1.807) is 30.7 Å². The van der Waals surface area contributed by atoms with Gasteiger partial charge in [0.25, 0.3) is 5.91 Å². The number of nitrogens with zero attached hydrogens (tertiary/aromatic N) is 2. The Labute approximate surface area is 159 Å². The molecule has 0 radical (unpaired) electrons. The molecule has 0 saturated heterocycles. The minimum Gasteiger partial charge on any atom is -0.482 e. The zero-order valence-corrected chi connectivity index (χ0v) is 15.2. The summed E-state index contributed by atoms with van der Waals surface area (Å²) in [6.45, 7) is 2.08. The zero-order valence-electron chi connectivity index (χ0n) is 15.2. The van der Waals surface area contributed by atoms with Crippen LogP contribution in [0.1, 0.15) is 21.7 Å². The number of carbonyl (C=O) groups excluding carboxylic acids is 1. The molecule has 3 aromatic rings. The molecule has 0 saturated carbocycles.